The van der Waals surface area contributed by atoms with Gasteiger partial charge in [-0.05, 0) is 55.5 Å². The molecule has 0 N–H and O–H groups in total. The molecule has 2 heterocycles. The summed E-state index contributed by atoms with van der Waals surface area (Å²) in [6, 6.07) is 9.06. The van der Waals surface area contributed by atoms with Crippen LogP contribution in [0.5, 0.6) is 0 Å². The van der Waals surface area contributed by atoms with Crippen molar-refractivity contribution in [1.29, 1.82) is 0 Å². The van der Waals surface area contributed by atoms with Crippen molar-refractivity contribution in [3.8, 4) is 0 Å². The van der Waals surface area contributed by atoms with Crippen LogP contribution in [0.2, 0.25) is 5.02 Å². The maximum atomic E-state index is 14.5. The van der Waals surface area contributed by atoms with Crippen molar-refractivity contribution < 1.29 is 17.6 Å². The number of sulfonamides is 1. The number of nitrogens with zero attached hydrogens (tertiary/aromatic N) is 2. The molecule has 0 spiro atoms. The van der Waals surface area contributed by atoms with Crippen LogP contribution in [-0.4, -0.2) is 38.3 Å². The molecular formula is C22H24ClFN2O3S. The third-order valence-electron chi connectivity index (χ3n) is 5.77. The lowest BCUT2D eigenvalue weighted by atomic mass is 10.0. The van der Waals surface area contributed by atoms with E-state index in [0.29, 0.717) is 32.5 Å². The number of carbonyl (C=O) groups excluding carboxylic acids is 1. The number of halogens is 2. The normalized spacial score (nSPS) is 18.0. The van der Waals surface area contributed by atoms with Gasteiger partial charge in [-0.15, -0.1) is 0 Å². The highest BCUT2D eigenvalue weighted by Crippen LogP contribution is 2.33. The van der Waals surface area contributed by atoms with E-state index in [2.05, 4.69) is 0 Å². The molecule has 2 aliphatic heterocycles. The molecule has 160 valence electrons. The Kier molecular flexibility index (Phi) is 6.14. The molecule has 0 bridgehead atoms. The second kappa shape index (κ2) is 8.65. The van der Waals surface area contributed by atoms with Gasteiger partial charge in [-0.25, -0.2) is 12.8 Å². The van der Waals surface area contributed by atoms with E-state index >= 15 is 0 Å². The highest BCUT2D eigenvalue weighted by Gasteiger charge is 2.30. The standard InChI is InChI=1S/C22H24ClFN2O3S/c23-18-11-10-17(15-20(18)30(28,29)25-12-3-1-2-4-13-25)22(27)26-14-6-8-16-7-5-9-19(24)21(16)26/h5,7,9-11,15H,1-4,6,8,12-14H2. The summed E-state index contributed by atoms with van der Waals surface area (Å²) >= 11 is 6.25. The molecule has 5 nitrogen and oxygen atoms in total. The predicted octanol–water partition coefficient (Wildman–Crippen LogP) is 4.64. The van der Waals surface area contributed by atoms with Crippen LogP contribution < -0.4 is 4.90 Å². The molecule has 0 unspecified atom stereocenters. The molecule has 30 heavy (non-hydrogen) atoms. The summed E-state index contributed by atoms with van der Waals surface area (Å²) in [6.07, 6.45) is 5.02. The molecule has 0 saturated carbocycles. The molecule has 1 amide bonds. The molecular weight excluding hydrogens is 427 g/mol. The first-order chi connectivity index (χ1) is 14.4. The largest absolute Gasteiger partial charge is 0.305 e. The molecule has 2 aliphatic rings. The van der Waals surface area contributed by atoms with Crippen LogP contribution in [0.25, 0.3) is 0 Å². The number of hydrogen-bond donors (Lipinski definition) is 0. The van der Waals surface area contributed by atoms with Crippen molar-refractivity contribution in [3.63, 3.8) is 0 Å². The van der Waals surface area contributed by atoms with Crippen molar-refractivity contribution in [2.24, 2.45) is 0 Å². The Morgan fingerprint density at radius 3 is 2.43 bits per heavy atom. The van der Waals surface area contributed by atoms with E-state index in [-0.39, 0.29) is 21.2 Å². The van der Waals surface area contributed by atoms with Gasteiger partial charge in [0.1, 0.15) is 10.7 Å². The van der Waals surface area contributed by atoms with Gasteiger partial charge in [0, 0.05) is 25.2 Å². The smallest absolute Gasteiger partial charge is 0.258 e. The minimum Gasteiger partial charge on any atom is -0.305 e. The van der Waals surface area contributed by atoms with Crippen molar-refractivity contribution >= 4 is 33.2 Å². The average Bonchev–Trinajstić information content (AvgIpc) is 3.03. The number of anilines is 1. The van der Waals surface area contributed by atoms with E-state index in [1.54, 1.807) is 6.07 Å². The van der Waals surface area contributed by atoms with Gasteiger partial charge >= 0.3 is 0 Å². The molecule has 0 radical (unpaired) electrons. The van der Waals surface area contributed by atoms with Gasteiger partial charge in [-0.3, -0.25) is 4.79 Å². The molecule has 2 aromatic rings. The molecule has 0 aliphatic carbocycles. The Morgan fingerprint density at radius 2 is 1.70 bits per heavy atom. The lowest BCUT2D eigenvalue weighted by Crippen LogP contribution is -2.36. The fourth-order valence-corrected chi connectivity index (χ4v) is 6.24. The topological polar surface area (TPSA) is 57.7 Å². The summed E-state index contributed by atoms with van der Waals surface area (Å²) in [5, 5.41) is 0.0843. The van der Waals surface area contributed by atoms with Crippen molar-refractivity contribution in [3.05, 3.63) is 58.4 Å². The summed E-state index contributed by atoms with van der Waals surface area (Å²) < 4.78 is 42.4. The molecule has 1 fully saturated rings. The highest BCUT2D eigenvalue weighted by molar-refractivity contribution is 7.89. The molecule has 0 atom stereocenters. The fourth-order valence-electron chi connectivity index (χ4n) is 4.22. The molecule has 4 rings (SSSR count). The van der Waals surface area contributed by atoms with Gasteiger partial charge in [-0.1, -0.05) is 36.6 Å². The van der Waals surface area contributed by atoms with Crippen LogP contribution in [0.3, 0.4) is 0 Å². The van der Waals surface area contributed by atoms with E-state index in [1.807, 2.05) is 6.07 Å². The first-order valence-corrected chi connectivity index (χ1v) is 12.1. The minimum absolute atomic E-state index is 0.0670. The fraction of sp³-hybridized carbons (Fsp3) is 0.409. The zero-order chi connectivity index (χ0) is 21.3. The minimum atomic E-state index is -3.81. The Labute approximate surface area is 181 Å². The third-order valence-corrected chi connectivity index (χ3v) is 8.15. The quantitative estimate of drug-likeness (QED) is 0.684. The second-order valence-electron chi connectivity index (χ2n) is 7.77. The maximum Gasteiger partial charge on any atom is 0.258 e. The van der Waals surface area contributed by atoms with Crippen LogP contribution in [0, 0.1) is 5.82 Å². The zero-order valence-corrected chi connectivity index (χ0v) is 18.2. The van der Waals surface area contributed by atoms with Gasteiger partial charge < -0.3 is 4.90 Å². The third kappa shape index (κ3) is 3.98. The Hall–Kier alpha value is -1.96. The van der Waals surface area contributed by atoms with Gasteiger partial charge in [0.2, 0.25) is 10.0 Å². The van der Waals surface area contributed by atoms with Crippen molar-refractivity contribution in [2.45, 2.75) is 43.4 Å². The van der Waals surface area contributed by atoms with Crippen LogP contribution in [0.15, 0.2) is 41.3 Å². The van der Waals surface area contributed by atoms with Crippen LogP contribution in [-0.2, 0) is 16.4 Å². The number of para-hydroxylation sites is 1. The van der Waals surface area contributed by atoms with Crippen molar-refractivity contribution in [1.82, 2.24) is 4.31 Å². The summed E-state index contributed by atoms with van der Waals surface area (Å²) in [4.78, 5) is 14.6. The SMILES string of the molecule is O=C(c1ccc(Cl)c(S(=O)(=O)N2CCCCCC2)c1)N1CCCc2cccc(F)c21. The number of amides is 1. The number of hydrogen-bond acceptors (Lipinski definition) is 3. The number of carbonyl (C=O) groups is 1. The monoisotopic (exact) mass is 450 g/mol. The van der Waals surface area contributed by atoms with E-state index in [9.17, 15) is 17.6 Å². The summed E-state index contributed by atoms with van der Waals surface area (Å²) in [7, 11) is -3.81. The Balaban J connectivity index is 1.70. The molecule has 8 heteroatoms. The number of aryl methyl sites for hydroxylation is 1. The Morgan fingerprint density at radius 1 is 0.967 bits per heavy atom. The molecule has 2 aromatic carbocycles. The van der Waals surface area contributed by atoms with Gasteiger partial charge in [-0.2, -0.15) is 4.31 Å². The summed E-state index contributed by atoms with van der Waals surface area (Å²) in [5.41, 5.74) is 1.24. The highest BCUT2D eigenvalue weighted by atomic mass is 35.5. The predicted molar refractivity (Wildman–Crippen MR) is 115 cm³/mol. The second-order valence-corrected chi connectivity index (χ2v) is 10.1. The van der Waals surface area contributed by atoms with Gasteiger partial charge in [0.15, 0.2) is 0 Å². The first-order valence-electron chi connectivity index (χ1n) is 10.3. The first kappa shape index (κ1) is 21.3. The van der Waals surface area contributed by atoms with Gasteiger partial charge in [0.25, 0.3) is 5.91 Å². The van der Waals surface area contributed by atoms with Crippen molar-refractivity contribution in [2.75, 3.05) is 24.5 Å². The van der Waals surface area contributed by atoms with E-state index < -0.39 is 21.7 Å². The van der Waals surface area contributed by atoms with Crippen LogP contribution in [0.4, 0.5) is 10.1 Å². The van der Waals surface area contributed by atoms with Crippen LogP contribution >= 0.6 is 11.6 Å². The van der Waals surface area contributed by atoms with E-state index in [4.69, 9.17) is 11.6 Å². The maximum absolute atomic E-state index is 14.5. The number of benzene rings is 2. The van der Waals surface area contributed by atoms with E-state index in [1.165, 1.54) is 33.5 Å². The zero-order valence-electron chi connectivity index (χ0n) is 16.6. The number of fused-ring (bicyclic) bond motifs is 1. The summed E-state index contributed by atoms with van der Waals surface area (Å²) in [5.74, 6) is -0.878. The summed E-state index contributed by atoms with van der Waals surface area (Å²) in [6.45, 7) is 1.27. The van der Waals surface area contributed by atoms with Crippen LogP contribution in [0.1, 0.15) is 48.0 Å². The van der Waals surface area contributed by atoms with Gasteiger partial charge in [0.05, 0.1) is 10.7 Å². The molecule has 1 saturated heterocycles. The average molecular weight is 451 g/mol. The Bertz CT molecular complexity index is 1070. The number of rotatable bonds is 3. The molecule has 0 aromatic heterocycles. The lowest BCUT2D eigenvalue weighted by molar-refractivity contribution is 0.0984. The lowest BCUT2D eigenvalue weighted by Gasteiger charge is -2.30. The van der Waals surface area contributed by atoms with E-state index in [0.717, 1.165) is 31.2 Å².